The van der Waals surface area contributed by atoms with E-state index in [-0.39, 0.29) is 23.5 Å². The third-order valence-electron chi connectivity index (χ3n) is 6.63. The molecule has 0 amide bonds. The van der Waals surface area contributed by atoms with E-state index in [4.69, 9.17) is 4.74 Å². The molecule has 3 rings (SSSR count). The summed E-state index contributed by atoms with van der Waals surface area (Å²) in [5.74, 6) is -0.148. The molecule has 0 radical (unpaired) electrons. The molecule has 5 atom stereocenters. The largest absolute Gasteiger partial charge is 0.489 e. The van der Waals surface area contributed by atoms with E-state index in [0.717, 1.165) is 30.4 Å². The Kier molecular flexibility index (Phi) is 6.73. The number of fused-ring (bicyclic) bond motifs is 2. The van der Waals surface area contributed by atoms with Crippen LogP contribution in [-0.4, -0.2) is 39.1 Å². The van der Waals surface area contributed by atoms with Gasteiger partial charge in [0.15, 0.2) is 0 Å². The second-order valence-corrected chi connectivity index (χ2v) is 9.36. The van der Waals surface area contributed by atoms with Gasteiger partial charge in [0.1, 0.15) is 11.9 Å². The number of aliphatic hydroxyl groups excluding tert-OH is 1. The highest BCUT2D eigenvalue weighted by Gasteiger charge is 2.44. The van der Waals surface area contributed by atoms with Crippen LogP contribution in [0.2, 0.25) is 0 Å². The van der Waals surface area contributed by atoms with E-state index in [0.29, 0.717) is 30.6 Å². The zero-order valence-electron chi connectivity index (χ0n) is 18.2. The number of carboxylic acid groups (broad SMARTS) is 1. The molecule has 2 aliphatic rings. The topological polar surface area (TPSA) is 87.0 Å². The normalized spacial score (nSPS) is 27.6. The standard InChI is InChI=1S/C25H34O5/c1-15(2)11-13-25(4,29)12-5-6-19-20-10-8-17-7-9-18(24(27)28)16(3)23(17)30-22(20)14-21(19)26/h5-7,9,19-22,26,29H,1,8,10-14H2,2-4H3,(H,27,28)/b6-5+/t19-,20-,21-,22+,25-/m1/s1. The van der Waals surface area contributed by atoms with Gasteiger partial charge in [0, 0.05) is 23.8 Å². The van der Waals surface area contributed by atoms with Gasteiger partial charge >= 0.3 is 5.97 Å². The van der Waals surface area contributed by atoms with Gasteiger partial charge in [-0.2, -0.15) is 0 Å². The molecule has 0 aromatic heterocycles. The Morgan fingerprint density at radius 1 is 1.40 bits per heavy atom. The van der Waals surface area contributed by atoms with Crippen molar-refractivity contribution >= 4 is 5.97 Å². The van der Waals surface area contributed by atoms with Gasteiger partial charge in [0.05, 0.1) is 17.3 Å². The number of allylic oxidation sites excluding steroid dienone is 1. The predicted molar refractivity (Wildman–Crippen MR) is 117 cm³/mol. The highest BCUT2D eigenvalue weighted by Crippen LogP contribution is 2.44. The minimum atomic E-state index is -0.953. The highest BCUT2D eigenvalue weighted by atomic mass is 16.5. The minimum absolute atomic E-state index is 0.0273. The molecular weight excluding hydrogens is 380 g/mol. The summed E-state index contributed by atoms with van der Waals surface area (Å²) in [5.41, 5.74) is 2.22. The smallest absolute Gasteiger partial charge is 0.336 e. The van der Waals surface area contributed by atoms with Crippen LogP contribution in [0.1, 0.15) is 67.4 Å². The fourth-order valence-corrected chi connectivity index (χ4v) is 4.77. The third kappa shape index (κ3) is 4.96. The molecule has 1 aliphatic heterocycles. The lowest BCUT2D eigenvalue weighted by atomic mass is 9.87. The van der Waals surface area contributed by atoms with Crippen molar-refractivity contribution in [3.63, 3.8) is 0 Å². The minimum Gasteiger partial charge on any atom is -0.489 e. The highest BCUT2D eigenvalue weighted by molar-refractivity contribution is 5.90. The molecule has 1 aromatic carbocycles. The summed E-state index contributed by atoms with van der Waals surface area (Å²) in [5, 5.41) is 30.7. The molecule has 1 aromatic rings. The summed E-state index contributed by atoms with van der Waals surface area (Å²) in [4.78, 5) is 11.5. The molecule has 0 saturated heterocycles. The maximum absolute atomic E-state index is 11.5. The first-order valence-corrected chi connectivity index (χ1v) is 10.8. The average Bonchev–Trinajstić information content (AvgIpc) is 2.83. The van der Waals surface area contributed by atoms with Gasteiger partial charge in [-0.1, -0.05) is 23.8 Å². The monoisotopic (exact) mass is 414 g/mol. The molecule has 5 heteroatoms. The summed E-state index contributed by atoms with van der Waals surface area (Å²) in [6, 6.07) is 3.51. The quantitative estimate of drug-likeness (QED) is 0.574. The number of aromatic carboxylic acids is 1. The van der Waals surface area contributed by atoms with E-state index in [2.05, 4.69) is 6.58 Å². The van der Waals surface area contributed by atoms with E-state index >= 15 is 0 Å². The number of benzene rings is 1. The Morgan fingerprint density at radius 3 is 2.80 bits per heavy atom. The molecule has 1 saturated carbocycles. The summed E-state index contributed by atoms with van der Waals surface area (Å²) in [7, 11) is 0. The van der Waals surface area contributed by atoms with E-state index in [9.17, 15) is 20.1 Å². The number of ether oxygens (including phenoxy) is 1. The Morgan fingerprint density at radius 2 is 2.13 bits per heavy atom. The summed E-state index contributed by atoms with van der Waals surface area (Å²) >= 11 is 0. The van der Waals surface area contributed by atoms with Crippen LogP contribution in [0.25, 0.3) is 0 Å². The maximum Gasteiger partial charge on any atom is 0.336 e. The Bertz CT molecular complexity index is 838. The van der Waals surface area contributed by atoms with Crippen LogP contribution in [0.5, 0.6) is 5.75 Å². The van der Waals surface area contributed by atoms with Crippen molar-refractivity contribution in [1.82, 2.24) is 0 Å². The number of carbonyl (C=O) groups is 1. The first-order chi connectivity index (χ1) is 14.1. The lowest BCUT2D eigenvalue weighted by molar-refractivity contribution is 0.0539. The van der Waals surface area contributed by atoms with Crippen LogP contribution in [0, 0.1) is 18.8 Å². The molecule has 5 nitrogen and oxygen atoms in total. The van der Waals surface area contributed by atoms with E-state index < -0.39 is 17.7 Å². The molecule has 1 aliphatic carbocycles. The first-order valence-electron chi connectivity index (χ1n) is 10.8. The molecule has 1 fully saturated rings. The van der Waals surface area contributed by atoms with Gasteiger partial charge in [-0.05, 0) is 64.5 Å². The van der Waals surface area contributed by atoms with Gasteiger partial charge in [-0.15, -0.1) is 6.58 Å². The SMILES string of the molecule is C=C(C)CC[C@](C)(O)C/C=C/[C@@H]1[C@H]2CCc3ccc(C(=O)O)c(C)c3O[C@H]2C[C@H]1O. The van der Waals surface area contributed by atoms with Crippen LogP contribution in [0.3, 0.4) is 0 Å². The number of aryl methyl sites for hydroxylation is 1. The number of hydrogen-bond acceptors (Lipinski definition) is 4. The van der Waals surface area contributed by atoms with Gasteiger partial charge in [0.25, 0.3) is 0 Å². The van der Waals surface area contributed by atoms with Crippen LogP contribution in [-0.2, 0) is 6.42 Å². The lowest BCUT2D eigenvalue weighted by Gasteiger charge is -2.23. The second-order valence-electron chi connectivity index (χ2n) is 9.36. The molecular formula is C25H34O5. The molecule has 30 heavy (non-hydrogen) atoms. The number of aliphatic hydroxyl groups is 2. The van der Waals surface area contributed by atoms with Crippen LogP contribution >= 0.6 is 0 Å². The maximum atomic E-state index is 11.5. The predicted octanol–water partition coefficient (Wildman–Crippen LogP) is 4.44. The second kappa shape index (κ2) is 8.94. The lowest BCUT2D eigenvalue weighted by Crippen LogP contribution is -2.25. The summed E-state index contributed by atoms with van der Waals surface area (Å²) in [6.45, 7) is 9.49. The fraction of sp³-hybridized carbons (Fsp3) is 0.560. The zero-order valence-corrected chi connectivity index (χ0v) is 18.2. The van der Waals surface area contributed by atoms with Crippen molar-refractivity contribution in [1.29, 1.82) is 0 Å². The van der Waals surface area contributed by atoms with E-state index in [1.807, 2.05) is 32.1 Å². The Balaban J connectivity index is 1.72. The molecule has 0 spiro atoms. The number of carboxylic acids is 1. The summed E-state index contributed by atoms with van der Waals surface area (Å²) < 4.78 is 6.30. The fourth-order valence-electron chi connectivity index (χ4n) is 4.77. The van der Waals surface area contributed by atoms with Crippen molar-refractivity contribution in [2.75, 3.05) is 0 Å². The Labute approximate surface area is 179 Å². The first kappa shape index (κ1) is 22.6. The average molecular weight is 415 g/mol. The molecule has 164 valence electrons. The van der Waals surface area contributed by atoms with Crippen molar-refractivity contribution in [3.05, 3.63) is 53.1 Å². The van der Waals surface area contributed by atoms with Crippen molar-refractivity contribution in [3.8, 4) is 5.75 Å². The zero-order chi connectivity index (χ0) is 22.1. The van der Waals surface area contributed by atoms with E-state index in [1.54, 1.807) is 13.0 Å². The van der Waals surface area contributed by atoms with Crippen molar-refractivity contribution in [2.24, 2.45) is 11.8 Å². The van der Waals surface area contributed by atoms with Crippen molar-refractivity contribution < 1.29 is 24.9 Å². The van der Waals surface area contributed by atoms with Gasteiger partial charge < -0.3 is 20.1 Å². The molecule has 3 N–H and O–H groups in total. The van der Waals surface area contributed by atoms with Crippen molar-refractivity contribution in [2.45, 2.75) is 77.1 Å². The van der Waals surface area contributed by atoms with Gasteiger partial charge in [-0.25, -0.2) is 4.79 Å². The number of hydrogen-bond donors (Lipinski definition) is 3. The van der Waals surface area contributed by atoms with Gasteiger partial charge in [-0.3, -0.25) is 0 Å². The molecule has 0 bridgehead atoms. The van der Waals surface area contributed by atoms with Crippen LogP contribution in [0.15, 0.2) is 36.4 Å². The molecule has 1 heterocycles. The van der Waals surface area contributed by atoms with Crippen LogP contribution < -0.4 is 4.74 Å². The van der Waals surface area contributed by atoms with Gasteiger partial charge in [0.2, 0.25) is 0 Å². The number of rotatable bonds is 7. The van der Waals surface area contributed by atoms with Crippen LogP contribution in [0.4, 0.5) is 0 Å². The third-order valence-corrected chi connectivity index (χ3v) is 6.63. The summed E-state index contributed by atoms with van der Waals surface area (Å²) in [6.07, 6.45) is 7.58. The van der Waals surface area contributed by atoms with E-state index in [1.165, 1.54) is 0 Å². The Hall–Kier alpha value is -2.11. The molecule has 0 unspecified atom stereocenters.